The molecule has 2 N–H and O–H groups in total. The van der Waals surface area contributed by atoms with Crippen molar-refractivity contribution in [1.29, 1.82) is 0 Å². The van der Waals surface area contributed by atoms with Gasteiger partial charge >= 0.3 is 6.03 Å². The zero-order chi connectivity index (χ0) is 17.3. The molecule has 2 heterocycles. The van der Waals surface area contributed by atoms with E-state index in [1.807, 2.05) is 43.5 Å². The number of anilines is 1. The van der Waals surface area contributed by atoms with Crippen LogP contribution in [0.3, 0.4) is 0 Å². The summed E-state index contributed by atoms with van der Waals surface area (Å²) in [6.07, 6.45) is 3.61. The number of likely N-dealkylation sites (tertiary alicyclic amines) is 1. The Morgan fingerprint density at radius 3 is 2.71 bits per heavy atom. The molecular formula is C18H24N4O2. The van der Waals surface area contributed by atoms with Crippen molar-refractivity contribution >= 4 is 11.8 Å². The molecule has 3 rings (SSSR count). The summed E-state index contributed by atoms with van der Waals surface area (Å²) in [4.78, 5) is 14.3. The first-order chi connectivity index (χ1) is 11.4. The number of hydrogen-bond donors (Lipinski definition) is 2. The highest BCUT2D eigenvalue weighted by Crippen LogP contribution is 2.27. The Morgan fingerprint density at radius 2 is 2.04 bits per heavy atom. The largest absolute Gasteiger partial charge is 0.388 e. The lowest BCUT2D eigenvalue weighted by molar-refractivity contribution is 0.0117. The van der Waals surface area contributed by atoms with Crippen molar-refractivity contribution in [1.82, 2.24) is 14.7 Å². The average molecular weight is 328 g/mol. The van der Waals surface area contributed by atoms with Crippen molar-refractivity contribution < 1.29 is 9.90 Å². The van der Waals surface area contributed by atoms with E-state index in [1.54, 1.807) is 23.4 Å². The van der Waals surface area contributed by atoms with E-state index in [0.29, 0.717) is 12.4 Å². The number of amides is 2. The van der Waals surface area contributed by atoms with E-state index in [4.69, 9.17) is 0 Å². The number of benzene rings is 1. The van der Waals surface area contributed by atoms with Gasteiger partial charge in [0.25, 0.3) is 0 Å². The van der Waals surface area contributed by atoms with Gasteiger partial charge in [-0.1, -0.05) is 18.2 Å². The molecule has 2 aromatic rings. The average Bonchev–Trinajstić information content (AvgIpc) is 3.15. The molecule has 0 radical (unpaired) electrons. The van der Waals surface area contributed by atoms with Gasteiger partial charge in [0, 0.05) is 18.3 Å². The number of urea groups is 1. The minimum Gasteiger partial charge on any atom is -0.388 e. The molecule has 1 aliphatic heterocycles. The number of aliphatic hydroxyl groups is 1. The minimum atomic E-state index is -0.910. The molecule has 0 bridgehead atoms. The number of aromatic nitrogens is 2. The molecule has 2 amide bonds. The highest BCUT2D eigenvalue weighted by Gasteiger charge is 2.38. The fourth-order valence-electron chi connectivity index (χ4n) is 3.21. The van der Waals surface area contributed by atoms with Crippen LogP contribution in [-0.4, -0.2) is 44.0 Å². The van der Waals surface area contributed by atoms with Crippen molar-refractivity contribution in [3.8, 4) is 5.69 Å². The second kappa shape index (κ2) is 6.28. The van der Waals surface area contributed by atoms with Crippen LogP contribution in [0.15, 0.2) is 36.5 Å². The van der Waals surface area contributed by atoms with Crippen LogP contribution >= 0.6 is 0 Å². The van der Waals surface area contributed by atoms with Crippen LogP contribution in [0.4, 0.5) is 10.6 Å². The number of carbonyl (C=O) groups is 1. The quantitative estimate of drug-likeness (QED) is 0.910. The van der Waals surface area contributed by atoms with Crippen LogP contribution in [0, 0.1) is 6.92 Å². The smallest absolute Gasteiger partial charge is 0.323 e. The molecule has 6 nitrogen and oxygen atoms in total. The molecule has 1 fully saturated rings. The number of rotatable bonds is 3. The van der Waals surface area contributed by atoms with Crippen molar-refractivity contribution in [3.63, 3.8) is 0 Å². The van der Waals surface area contributed by atoms with Crippen LogP contribution in [0.5, 0.6) is 0 Å². The molecule has 1 aromatic heterocycles. The monoisotopic (exact) mass is 328 g/mol. The summed E-state index contributed by atoms with van der Waals surface area (Å²) in [6, 6.07) is 9.39. The normalized spacial score (nSPS) is 18.0. The Kier molecular flexibility index (Phi) is 4.32. The maximum absolute atomic E-state index is 12.6. The van der Waals surface area contributed by atoms with Crippen LogP contribution in [-0.2, 0) is 0 Å². The van der Waals surface area contributed by atoms with Gasteiger partial charge in [0.15, 0.2) is 5.82 Å². The van der Waals surface area contributed by atoms with Crippen molar-refractivity contribution in [2.75, 3.05) is 11.9 Å². The van der Waals surface area contributed by atoms with E-state index in [9.17, 15) is 9.90 Å². The van der Waals surface area contributed by atoms with Gasteiger partial charge in [0.05, 0.1) is 17.3 Å². The maximum Gasteiger partial charge on any atom is 0.323 e. The second-order valence-corrected chi connectivity index (χ2v) is 6.88. The third-order valence-corrected chi connectivity index (χ3v) is 4.47. The molecule has 6 heteroatoms. The fraction of sp³-hybridized carbons (Fsp3) is 0.444. The lowest BCUT2D eigenvalue weighted by Crippen LogP contribution is -2.49. The van der Waals surface area contributed by atoms with Crippen molar-refractivity contribution in [3.05, 3.63) is 42.1 Å². The number of nitrogens with one attached hydrogen (secondary N) is 1. The molecule has 0 spiro atoms. The van der Waals surface area contributed by atoms with Gasteiger partial charge in [0.1, 0.15) is 0 Å². The fourth-order valence-corrected chi connectivity index (χ4v) is 3.21. The van der Waals surface area contributed by atoms with E-state index in [2.05, 4.69) is 10.4 Å². The highest BCUT2D eigenvalue weighted by molar-refractivity contribution is 5.89. The van der Waals surface area contributed by atoms with E-state index >= 15 is 0 Å². The predicted octanol–water partition coefficient (Wildman–Crippen LogP) is 2.95. The van der Waals surface area contributed by atoms with Crippen molar-refractivity contribution in [2.45, 2.75) is 45.3 Å². The minimum absolute atomic E-state index is 0.172. The summed E-state index contributed by atoms with van der Waals surface area (Å²) in [6.45, 7) is 6.07. The standard InChI is InChI=1S/C18H24N4O2/c1-13-12-22(14-8-5-4-6-9-14)20-16(13)19-17(23)21-11-7-10-15(21)18(2,3)24/h4-6,8-9,12,15,24H,7,10-11H2,1-3H3,(H,19,20,23). The van der Waals surface area contributed by atoms with E-state index in [1.165, 1.54) is 0 Å². The number of para-hydroxylation sites is 1. The van der Waals surface area contributed by atoms with Gasteiger partial charge < -0.3 is 10.0 Å². The van der Waals surface area contributed by atoms with Gasteiger partial charge in [-0.3, -0.25) is 5.32 Å². The highest BCUT2D eigenvalue weighted by atomic mass is 16.3. The summed E-state index contributed by atoms with van der Waals surface area (Å²) in [5.74, 6) is 0.547. The Morgan fingerprint density at radius 1 is 1.33 bits per heavy atom. The Labute approximate surface area is 142 Å². The van der Waals surface area contributed by atoms with E-state index < -0.39 is 5.60 Å². The number of aryl methyl sites for hydroxylation is 1. The molecule has 0 aliphatic carbocycles. The maximum atomic E-state index is 12.6. The van der Waals surface area contributed by atoms with Crippen LogP contribution < -0.4 is 5.32 Å². The van der Waals surface area contributed by atoms with Crippen LogP contribution in [0.2, 0.25) is 0 Å². The number of carbonyl (C=O) groups excluding carboxylic acids is 1. The van der Waals surface area contributed by atoms with Gasteiger partial charge in [-0.05, 0) is 45.7 Å². The van der Waals surface area contributed by atoms with Gasteiger partial charge in [-0.15, -0.1) is 5.10 Å². The third-order valence-electron chi connectivity index (χ3n) is 4.47. The lowest BCUT2D eigenvalue weighted by Gasteiger charge is -2.33. The number of nitrogens with zero attached hydrogens (tertiary/aromatic N) is 3. The van der Waals surface area contributed by atoms with Crippen LogP contribution in [0.25, 0.3) is 5.69 Å². The molecular weight excluding hydrogens is 304 g/mol. The molecule has 0 saturated carbocycles. The predicted molar refractivity (Wildman–Crippen MR) is 93.3 cm³/mol. The Balaban J connectivity index is 1.77. The van der Waals surface area contributed by atoms with E-state index in [-0.39, 0.29) is 12.1 Å². The first-order valence-corrected chi connectivity index (χ1v) is 8.28. The van der Waals surface area contributed by atoms with Crippen molar-refractivity contribution in [2.24, 2.45) is 0 Å². The first kappa shape index (κ1) is 16.5. The Bertz CT molecular complexity index is 718. The summed E-state index contributed by atoms with van der Waals surface area (Å²) < 4.78 is 1.75. The molecule has 24 heavy (non-hydrogen) atoms. The molecule has 1 atom stereocenters. The topological polar surface area (TPSA) is 70.4 Å². The lowest BCUT2D eigenvalue weighted by atomic mass is 9.97. The summed E-state index contributed by atoms with van der Waals surface area (Å²) in [7, 11) is 0. The zero-order valence-electron chi connectivity index (χ0n) is 14.4. The Hall–Kier alpha value is -2.34. The molecule has 1 aliphatic rings. The summed E-state index contributed by atoms with van der Waals surface area (Å²) in [5, 5.41) is 17.6. The molecule has 1 saturated heterocycles. The van der Waals surface area contributed by atoms with Gasteiger partial charge in [-0.2, -0.15) is 0 Å². The van der Waals surface area contributed by atoms with Gasteiger partial charge in [-0.25, -0.2) is 9.48 Å². The summed E-state index contributed by atoms with van der Waals surface area (Å²) >= 11 is 0. The third kappa shape index (κ3) is 3.28. The first-order valence-electron chi connectivity index (χ1n) is 8.28. The van der Waals surface area contributed by atoms with Gasteiger partial charge in [0.2, 0.25) is 0 Å². The molecule has 1 unspecified atom stereocenters. The number of hydrogen-bond acceptors (Lipinski definition) is 3. The zero-order valence-corrected chi connectivity index (χ0v) is 14.4. The molecule has 128 valence electrons. The van der Waals surface area contributed by atoms with Crippen LogP contribution in [0.1, 0.15) is 32.3 Å². The SMILES string of the molecule is Cc1cn(-c2ccccc2)nc1NC(=O)N1CCCC1C(C)(C)O. The van der Waals surface area contributed by atoms with E-state index in [0.717, 1.165) is 24.1 Å². The summed E-state index contributed by atoms with van der Waals surface area (Å²) in [5.41, 5.74) is 0.926. The molecule has 1 aromatic carbocycles. The second-order valence-electron chi connectivity index (χ2n) is 6.88.